The molecule has 2 rings (SSSR count). The van der Waals surface area contributed by atoms with Crippen LogP contribution in [0, 0.1) is 11.3 Å². The van der Waals surface area contributed by atoms with Gasteiger partial charge in [-0.1, -0.05) is 19.3 Å². The number of rotatable bonds is 4. The van der Waals surface area contributed by atoms with Gasteiger partial charge in [0.2, 0.25) is 5.91 Å². The lowest BCUT2D eigenvalue weighted by Crippen LogP contribution is -2.53. The average Bonchev–Trinajstić information content (AvgIpc) is 2.48. The van der Waals surface area contributed by atoms with Gasteiger partial charge >= 0.3 is 0 Å². The van der Waals surface area contributed by atoms with Crippen molar-refractivity contribution < 1.29 is 4.79 Å². The summed E-state index contributed by atoms with van der Waals surface area (Å²) in [5, 5.41) is 12.4. The molecule has 0 aromatic heterocycles. The molecule has 1 saturated heterocycles. The van der Waals surface area contributed by atoms with E-state index in [9.17, 15) is 10.1 Å². The fourth-order valence-electron chi connectivity index (χ4n) is 3.53. The zero-order valence-electron chi connectivity index (χ0n) is 13.4. The van der Waals surface area contributed by atoms with Crippen LogP contribution in [-0.2, 0) is 4.79 Å². The Kier molecular flexibility index (Phi) is 5.60. The Hall–Kier alpha value is -1.12. The van der Waals surface area contributed by atoms with E-state index >= 15 is 0 Å². The summed E-state index contributed by atoms with van der Waals surface area (Å²) in [6.45, 7) is 2.35. The third-order valence-electron chi connectivity index (χ3n) is 4.88. The van der Waals surface area contributed by atoms with E-state index in [1.165, 1.54) is 12.8 Å². The summed E-state index contributed by atoms with van der Waals surface area (Å²) in [7, 11) is 4.20. The van der Waals surface area contributed by atoms with Crippen molar-refractivity contribution in [3.63, 3.8) is 0 Å². The zero-order valence-corrected chi connectivity index (χ0v) is 13.4. The maximum absolute atomic E-state index is 12.3. The van der Waals surface area contributed by atoms with Crippen molar-refractivity contribution in [2.75, 3.05) is 33.7 Å². The maximum atomic E-state index is 12.3. The molecule has 1 amide bonds. The summed E-state index contributed by atoms with van der Waals surface area (Å²) in [6, 6.07) is 2.89. The molecule has 0 unspecified atom stereocenters. The van der Waals surface area contributed by atoms with E-state index in [1.807, 2.05) is 0 Å². The molecule has 0 bridgehead atoms. The fraction of sp³-hybridized carbons (Fsp3) is 0.875. The molecule has 1 saturated carbocycles. The highest BCUT2D eigenvalue weighted by molar-refractivity contribution is 5.79. The van der Waals surface area contributed by atoms with Gasteiger partial charge in [0.15, 0.2) is 0 Å². The summed E-state index contributed by atoms with van der Waals surface area (Å²) < 4.78 is 0. The first-order chi connectivity index (χ1) is 10.0. The number of piperidine rings is 1. The standard InChI is InChI=1S/C16H28N4O/c1-19(2)14-7-6-10-20(11-14)12-15(21)18-16(13-17)8-4-3-5-9-16/h14H,3-12H2,1-2H3,(H,18,21)/t14-/m0/s1. The molecule has 1 heterocycles. The normalized spacial score (nSPS) is 26.3. The zero-order chi connectivity index (χ0) is 15.3. The number of carbonyl (C=O) groups excluding carboxylic acids is 1. The molecule has 1 N–H and O–H groups in total. The number of likely N-dealkylation sites (N-methyl/N-ethyl adjacent to an activating group) is 1. The van der Waals surface area contributed by atoms with Crippen molar-refractivity contribution in [1.29, 1.82) is 5.26 Å². The minimum absolute atomic E-state index is 0.0119. The number of amides is 1. The fourth-order valence-corrected chi connectivity index (χ4v) is 3.53. The first kappa shape index (κ1) is 16.3. The van der Waals surface area contributed by atoms with Gasteiger partial charge in [0, 0.05) is 12.6 Å². The maximum Gasteiger partial charge on any atom is 0.235 e. The number of nitrogens with one attached hydrogen (secondary N) is 1. The predicted octanol–water partition coefficient (Wildman–Crippen LogP) is 1.36. The quantitative estimate of drug-likeness (QED) is 0.850. The van der Waals surface area contributed by atoms with Crippen LogP contribution in [0.5, 0.6) is 0 Å². The van der Waals surface area contributed by atoms with E-state index in [4.69, 9.17) is 0 Å². The topological polar surface area (TPSA) is 59.4 Å². The van der Waals surface area contributed by atoms with Crippen molar-refractivity contribution in [2.24, 2.45) is 0 Å². The van der Waals surface area contributed by atoms with E-state index in [0.29, 0.717) is 12.6 Å². The number of hydrogen-bond donors (Lipinski definition) is 1. The van der Waals surface area contributed by atoms with Crippen LogP contribution in [0.2, 0.25) is 0 Å². The van der Waals surface area contributed by atoms with Crippen molar-refractivity contribution in [1.82, 2.24) is 15.1 Å². The van der Waals surface area contributed by atoms with Crippen LogP contribution in [0.25, 0.3) is 0 Å². The second kappa shape index (κ2) is 7.24. The van der Waals surface area contributed by atoms with Crippen LogP contribution >= 0.6 is 0 Å². The van der Waals surface area contributed by atoms with Crippen LogP contribution < -0.4 is 5.32 Å². The summed E-state index contributed by atoms with van der Waals surface area (Å²) >= 11 is 0. The number of nitriles is 1. The van der Waals surface area contributed by atoms with Gasteiger partial charge in [-0.15, -0.1) is 0 Å². The molecular formula is C16H28N4O. The molecule has 2 aliphatic rings. The largest absolute Gasteiger partial charge is 0.337 e. The Balaban J connectivity index is 1.85. The molecule has 0 aromatic rings. The Bertz CT molecular complexity index is 396. The summed E-state index contributed by atoms with van der Waals surface area (Å²) in [6.07, 6.45) is 7.20. The molecule has 21 heavy (non-hydrogen) atoms. The Morgan fingerprint density at radius 2 is 2.05 bits per heavy atom. The molecule has 1 aliphatic carbocycles. The Morgan fingerprint density at radius 3 is 2.67 bits per heavy atom. The molecule has 2 fully saturated rings. The molecular weight excluding hydrogens is 264 g/mol. The third-order valence-corrected chi connectivity index (χ3v) is 4.88. The minimum Gasteiger partial charge on any atom is -0.337 e. The van der Waals surface area contributed by atoms with Gasteiger partial charge in [-0.2, -0.15) is 5.26 Å². The third kappa shape index (κ3) is 4.42. The van der Waals surface area contributed by atoms with Crippen LogP contribution in [0.4, 0.5) is 0 Å². The summed E-state index contributed by atoms with van der Waals surface area (Å²) in [4.78, 5) is 16.8. The lowest BCUT2D eigenvalue weighted by Gasteiger charge is -2.37. The first-order valence-electron chi connectivity index (χ1n) is 8.16. The lowest BCUT2D eigenvalue weighted by molar-refractivity contribution is -0.124. The number of likely N-dealkylation sites (tertiary alicyclic amines) is 1. The van der Waals surface area contributed by atoms with Crippen molar-refractivity contribution in [2.45, 2.75) is 56.5 Å². The highest BCUT2D eigenvalue weighted by Gasteiger charge is 2.34. The molecule has 1 atom stereocenters. The number of hydrogen-bond acceptors (Lipinski definition) is 4. The van der Waals surface area contributed by atoms with E-state index in [-0.39, 0.29) is 5.91 Å². The van der Waals surface area contributed by atoms with Crippen LogP contribution in [0.3, 0.4) is 0 Å². The molecule has 0 spiro atoms. The van der Waals surface area contributed by atoms with E-state index in [1.54, 1.807) is 0 Å². The van der Waals surface area contributed by atoms with Gasteiger partial charge in [0.05, 0.1) is 12.6 Å². The van der Waals surface area contributed by atoms with Gasteiger partial charge < -0.3 is 10.2 Å². The summed E-state index contributed by atoms with van der Waals surface area (Å²) in [5.41, 5.74) is -0.605. The molecule has 0 aromatic carbocycles. The minimum atomic E-state index is -0.605. The van der Waals surface area contributed by atoms with Gasteiger partial charge in [-0.25, -0.2) is 0 Å². The molecule has 5 heteroatoms. The lowest BCUT2D eigenvalue weighted by atomic mass is 9.83. The van der Waals surface area contributed by atoms with Crippen molar-refractivity contribution >= 4 is 5.91 Å². The second-order valence-corrected chi connectivity index (χ2v) is 6.80. The van der Waals surface area contributed by atoms with E-state index < -0.39 is 5.54 Å². The van der Waals surface area contributed by atoms with E-state index in [0.717, 1.165) is 45.2 Å². The molecule has 118 valence electrons. The highest BCUT2D eigenvalue weighted by Crippen LogP contribution is 2.27. The Morgan fingerprint density at radius 1 is 1.33 bits per heavy atom. The average molecular weight is 292 g/mol. The molecule has 1 aliphatic heterocycles. The summed E-state index contributed by atoms with van der Waals surface area (Å²) in [5.74, 6) is 0.0119. The van der Waals surface area contributed by atoms with Gasteiger partial charge in [0.1, 0.15) is 5.54 Å². The van der Waals surface area contributed by atoms with Crippen molar-refractivity contribution in [3.05, 3.63) is 0 Å². The molecule has 5 nitrogen and oxygen atoms in total. The predicted molar refractivity (Wildman–Crippen MR) is 82.7 cm³/mol. The molecule has 0 radical (unpaired) electrons. The van der Waals surface area contributed by atoms with Gasteiger partial charge in [-0.3, -0.25) is 9.69 Å². The first-order valence-corrected chi connectivity index (χ1v) is 8.16. The monoisotopic (exact) mass is 292 g/mol. The smallest absolute Gasteiger partial charge is 0.235 e. The second-order valence-electron chi connectivity index (χ2n) is 6.80. The van der Waals surface area contributed by atoms with Gasteiger partial charge in [-0.05, 0) is 46.3 Å². The Labute approximate surface area is 128 Å². The SMILES string of the molecule is CN(C)[C@H]1CCCN(CC(=O)NC2(C#N)CCCCC2)C1. The van der Waals surface area contributed by atoms with Gasteiger partial charge in [0.25, 0.3) is 0 Å². The van der Waals surface area contributed by atoms with Crippen molar-refractivity contribution in [3.8, 4) is 6.07 Å². The van der Waals surface area contributed by atoms with E-state index in [2.05, 4.69) is 35.3 Å². The highest BCUT2D eigenvalue weighted by atomic mass is 16.2. The number of nitrogens with zero attached hydrogens (tertiary/aromatic N) is 3. The van der Waals surface area contributed by atoms with Crippen LogP contribution in [0.15, 0.2) is 0 Å². The number of carbonyl (C=O) groups is 1. The van der Waals surface area contributed by atoms with Crippen LogP contribution in [0.1, 0.15) is 44.9 Å². The van der Waals surface area contributed by atoms with Crippen LogP contribution in [-0.4, -0.2) is 61.0 Å².